The van der Waals surface area contributed by atoms with Gasteiger partial charge >= 0.3 is 0 Å². The number of hydrogen-bond acceptors (Lipinski definition) is 5. The van der Waals surface area contributed by atoms with Crippen molar-refractivity contribution >= 4 is 26.6 Å². The highest BCUT2D eigenvalue weighted by Crippen LogP contribution is 2.26. The molecule has 0 fully saturated rings. The Kier molecular flexibility index (Phi) is 4.82. The minimum atomic E-state index is -3.80. The molecule has 1 N–H and O–H groups in total. The topological polar surface area (TPSA) is 89.8 Å². The zero-order valence-corrected chi connectivity index (χ0v) is 18.1. The van der Waals surface area contributed by atoms with Crippen molar-refractivity contribution in [2.45, 2.75) is 38.0 Å². The van der Waals surface area contributed by atoms with Crippen LogP contribution in [0.1, 0.15) is 32.0 Å². The molecule has 0 unspecified atom stereocenters. The lowest BCUT2D eigenvalue weighted by molar-refractivity contribution is 0.587. The second kappa shape index (κ2) is 7.21. The molecule has 0 radical (unpaired) electrons. The van der Waals surface area contributed by atoms with Crippen molar-refractivity contribution in [1.82, 2.24) is 19.7 Å². The van der Waals surface area contributed by atoms with E-state index in [9.17, 15) is 8.42 Å². The Hall–Kier alpha value is -3.26. The van der Waals surface area contributed by atoms with Gasteiger partial charge in [0.1, 0.15) is 5.82 Å². The highest BCUT2D eigenvalue weighted by atomic mass is 32.2. The summed E-state index contributed by atoms with van der Waals surface area (Å²) in [5.41, 5.74) is 1.68. The van der Waals surface area contributed by atoms with Crippen molar-refractivity contribution in [3.8, 4) is 5.82 Å². The SMILES string of the molecule is Cc1cc(NS(=O)(=O)c2ccc(C(C)(C)C)cc2)n(-c2nccc3cnccc23)n1. The van der Waals surface area contributed by atoms with Gasteiger partial charge in [-0.25, -0.2) is 13.4 Å². The average Bonchev–Trinajstić information content (AvgIpc) is 3.06. The average molecular weight is 422 g/mol. The number of hydrogen-bond donors (Lipinski definition) is 1. The van der Waals surface area contributed by atoms with E-state index < -0.39 is 10.0 Å². The van der Waals surface area contributed by atoms with E-state index in [1.807, 2.05) is 24.3 Å². The summed E-state index contributed by atoms with van der Waals surface area (Å²) in [7, 11) is -3.80. The molecule has 154 valence electrons. The van der Waals surface area contributed by atoms with Crippen LogP contribution >= 0.6 is 0 Å². The second-order valence-electron chi connectivity index (χ2n) is 8.19. The third-order valence-electron chi connectivity index (χ3n) is 4.85. The molecule has 0 bridgehead atoms. The van der Waals surface area contributed by atoms with E-state index in [0.717, 1.165) is 16.3 Å². The normalized spacial score (nSPS) is 12.3. The monoisotopic (exact) mass is 421 g/mol. The number of fused-ring (bicyclic) bond motifs is 1. The van der Waals surface area contributed by atoms with Crippen LogP contribution in [0.3, 0.4) is 0 Å². The second-order valence-corrected chi connectivity index (χ2v) is 9.88. The summed E-state index contributed by atoms with van der Waals surface area (Å²) in [6.45, 7) is 8.06. The number of nitrogens with one attached hydrogen (secondary N) is 1. The van der Waals surface area contributed by atoms with Crippen LogP contribution in [0.2, 0.25) is 0 Å². The number of nitrogens with zero attached hydrogens (tertiary/aromatic N) is 4. The molecular formula is C22H23N5O2S. The first kappa shape index (κ1) is 20.0. The summed E-state index contributed by atoms with van der Waals surface area (Å²) in [6.07, 6.45) is 5.06. The minimum absolute atomic E-state index is 0.0552. The van der Waals surface area contributed by atoms with Crippen LogP contribution in [0, 0.1) is 6.92 Å². The van der Waals surface area contributed by atoms with Gasteiger partial charge in [-0.15, -0.1) is 0 Å². The Morgan fingerprint density at radius 2 is 1.73 bits per heavy atom. The molecule has 0 aliphatic carbocycles. The van der Waals surface area contributed by atoms with Crippen LogP contribution in [-0.2, 0) is 15.4 Å². The molecule has 7 nitrogen and oxygen atoms in total. The van der Waals surface area contributed by atoms with E-state index in [1.54, 1.807) is 43.7 Å². The summed E-state index contributed by atoms with van der Waals surface area (Å²) in [5, 5.41) is 6.18. The molecule has 3 aromatic heterocycles. The predicted octanol–water partition coefficient (Wildman–Crippen LogP) is 4.22. The summed E-state index contributed by atoms with van der Waals surface area (Å²) in [6, 6.07) is 12.3. The van der Waals surface area contributed by atoms with E-state index in [1.165, 1.54) is 4.68 Å². The molecule has 0 atom stereocenters. The Morgan fingerprint density at radius 3 is 2.43 bits per heavy atom. The van der Waals surface area contributed by atoms with Gasteiger partial charge in [0.05, 0.1) is 10.6 Å². The van der Waals surface area contributed by atoms with Crippen LogP contribution in [0.4, 0.5) is 5.82 Å². The fourth-order valence-corrected chi connectivity index (χ4v) is 4.27. The summed E-state index contributed by atoms with van der Waals surface area (Å²) >= 11 is 0. The Balaban J connectivity index is 1.74. The predicted molar refractivity (Wildman–Crippen MR) is 117 cm³/mol. The molecule has 0 amide bonds. The highest BCUT2D eigenvalue weighted by Gasteiger charge is 2.21. The van der Waals surface area contributed by atoms with E-state index in [2.05, 4.69) is 40.6 Å². The zero-order chi connectivity index (χ0) is 21.5. The molecule has 30 heavy (non-hydrogen) atoms. The number of rotatable bonds is 4. The first-order valence-corrected chi connectivity index (χ1v) is 11.0. The number of anilines is 1. The molecule has 0 aliphatic rings. The van der Waals surface area contributed by atoms with Gasteiger partial charge in [-0.2, -0.15) is 9.78 Å². The molecule has 3 heterocycles. The molecule has 4 rings (SSSR count). The van der Waals surface area contributed by atoms with Crippen LogP contribution < -0.4 is 4.72 Å². The third kappa shape index (κ3) is 3.78. The lowest BCUT2D eigenvalue weighted by Crippen LogP contribution is -2.17. The molecule has 4 aromatic rings. The van der Waals surface area contributed by atoms with Gasteiger partial charge in [0.15, 0.2) is 5.82 Å². The molecule has 1 aromatic carbocycles. The first-order valence-electron chi connectivity index (χ1n) is 9.54. The molecule has 0 spiro atoms. The van der Waals surface area contributed by atoms with E-state index in [-0.39, 0.29) is 10.3 Å². The lowest BCUT2D eigenvalue weighted by atomic mass is 9.87. The summed E-state index contributed by atoms with van der Waals surface area (Å²) in [4.78, 5) is 8.75. The maximum Gasteiger partial charge on any atom is 0.263 e. The van der Waals surface area contributed by atoms with Crippen molar-refractivity contribution in [1.29, 1.82) is 0 Å². The van der Waals surface area contributed by atoms with Crippen LogP contribution in [0.15, 0.2) is 66.0 Å². The van der Waals surface area contributed by atoms with Crippen molar-refractivity contribution in [2.24, 2.45) is 0 Å². The van der Waals surface area contributed by atoms with Crippen molar-refractivity contribution in [2.75, 3.05) is 4.72 Å². The third-order valence-corrected chi connectivity index (χ3v) is 6.22. The van der Waals surface area contributed by atoms with Gasteiger partial charge in [-0.1, -0.05) is 32.9 Å². The molecule has 8 heteroatoms. The molecule has 0 aliphatic heterocycles. The van der Waals surface area contributed by atoms with Gasteiger partial charge in [-0.05, 0) is 42.2 Å². The van der Waals surface area contributed by atoms with Crippen LogP contribution in [0.25, 0.3) is 16.6 Å². The first-order chi connectivity index (χ1) is 14.1. The van der Waals surface area contributed by atoms with Crippen molar-refractivity contribution in [3.63, 3.8) is 0 Å². The van der Waals surface area contributed by atoms with Gasteiger partial charge in [-0.3, -0.25) is 9.71 Å². The Morgan fingerprint density at radius 1 is 1.00 bits per heavy atom. The minimum Gasteiger partial charge on any atom is -0.264 e. The molecule has 0 saturated carbocycles. The fraction of sp³-hybridized carbons (Fsp3) is 0.227. The maximum atomic E-state index is 13.0. The van der Waals surface area contributed by atoms with Gasteiger partial charge < -0.3 is 0 Å². The van der Waals surface area contributed by atoms with E-state index in [4.69, 9.17) is 0 Å². The van der Waals surface area contributed by atoms with Crippen molar-refractivity contribution < 1.29 is 8.42 Å². The number of pyridine rings is 2. The molecular weight excluding hydrogens is 398 g/mol. The number of aryl methyl sites for hydroxylation is 1. The highest BCUT2D eigenvalue weighted by molar-refractivity contribution is 7.92. The van der Waals surface area contributed by atoms with Gasteiger partial charge in [0, 0.05) is 35.4 Å². The quantitative estimate of drug-likeness (QED) is 0.533. The van der Waals surface area contributed by atoms with E-state index in [0.29, 0.717) is 17.3 Å². The van der Waals surface area contributed by atoms with Crippen LogP contribution in [0.5, 0.6) is 0 Å². The maximum absolute atomic E-state index is 13.0. The number of sulfonamides is 1. The van der Waals surface area contributed by atoms with Gasteiger partial charge in [0.2, 0.25) is 0 Å². The largest absolute Gasteiger partial charge is 0.264 e. The van der Waals surface area contributed by atoms with Crippen LogP contribution in [-0.4, -0.2) is 28.2 Å². The number of aromatic nitrogens is 4. The summed E-state index contributed by atoms with van der Waals surface area (Å²) in [5.74, 6) is 0.855. The summed E-state index contributed by atoms with van der Waals surface area (Å²) < 4.78 is 30.2. The lowest BCUT2D eigenvalue weighted by Gasteiger charge is -2.19. The van der Waals surface area contributed by atoms with Crippen molar-refractivity contribution in [3.05, 3.63) is 72.3 Å². The Bertz CT molecular complexity index is 1310. The molecule has 0 saturated heterocycles. The number of benzene rings is 1. The smallest absolute Gasteiger partial charge is 0.263 e. The fourth-order valence-electron chi connectivity index (χ4n) is 3.23. The zero-order valence-electron chi connectivity index (χ0n) is 17.3. The Labute approximate surface area is 175 Å². The standard InChI is InChI=1S/C22H23N5O2S/c1-15-13-20(26-30(28,29)18-7-5-17(6-8-18)22(2,3)4)27(25-15)21-19-10-11-23-14-16(19)9-12-24-21/h5-14,26H,1-4H3. The van der Waals surface area contributed by atoms with Gasteiger partial charge in [0.25, 0.3) is 10.0 Å². The van der Waals surface area contributed by atoms with E-state index >= 15 is 0 Å².